The van der Waals surface area contributed by atoms with E-state index in [1.165, 1.54) is 18.3 Å². The third kappa shape index (κ3) is 3.83. The Kier molecular flexibility index (Phi) is 4.76. The Morgan fingerprint density at radius 3 is 2.48 bits per heavy atom. The van der Waals surface area contributed by atoms with E-state index in [4.69, 9.17) is 11.6 Å². The number of nitrogens with zero attached hydrogens (tertiary/aromatic N) is 2. The first kappa shape index (κ1) is 17.0. The first-order valence-electron chi connectivity index (χ1n) is 7.61. The third-order valence-corrected chi connectivity index (χ3v) is 4.00. The highest BCUT2D eigenvalue weighted by molar-refractivity contribution is 6.30. The van der Waals surface area contributed by atoms with Crippen molar-refractivity contribution >= 4 is 23.2 Å². The third-order valence-electron chi connectivity index (χ3n) is 3.76. The number of benzene rings is 2. The molecule has 0 fully saturated rings. The minimum atomic E-state index is -0.324. The molecule has 25 heavy (non-hydrogen) atoms. The number of carbonyl (C=O) groups is 1. The molecule has 0 spiro atoms. The summed E-state index contributed by atoms with van der Waals surface area (Å²) in [7, 11) is 0. The van der Waals surface area contributed by atoms with Crippen molar-refractivity contribution in [3.8, 4) is 11.4 Å². The molecule has 0 radical (unpaired) electrons. The minimum Gasteiger partial charge on any atom is -0.322 e. The van der Waals surface area contributed by atoms with E-state index in [1.807, 2.05) is 6.92 Å². The van der Waals surface area contributed by atoms with Gasteiger partial charge in [0.2, 0.25) is 0 Å². The minimum absolute atomic E-state index is 0.298. The standard InChI is InChI=1S/C19H15ClFN3O/c1-11-9-14(20)5-8-17(11)24-19(25)16-10-22-18(23-12(16)2)13-3-6-15(21)7-4-13/h3-10H,1-2H3,(H,24,25). The van der Waals surface area contributed by atoms with Crippen molar-refractivity contribution in [1.29, 1.82) is 0 Å². The quantitative estimate of drug-likeness (QED) is 0.733. The smallest absolute Gasteiger partial charge is 0.259 e. The number of hydrogen-bond donors (Lipinski definition) is 1. The number of anilines is 1. The van der Waals surface area contributed by atoms with Crippen LogP contribution in [0.2, 0.25) is 5.02 Å². The van der Waals surface area contributed by atoms with Crippen LogP contribution in [0.3, 0.4) is 0 Å². The zero-order chi connectivity index (χ0) is 18.0. The molecule has 3 rings (SSSR count). The molecule has 0 aliphatic carbocycles. The second-order valence-electron chi connectivity index (χ2n) is 5.61. The van der Waals surface area contributed by atoms with E-state index < -0.39 is 0 Å². The van der Waals surface area contributed by atoms with Crippen molar-refractivity contribution in [3.63, 3.8) is 0 Å². The maximum atomic E-state index is 13.0. The lowest BCUT2D eigenvalue weighted by Gasteiger charge is -2.10. The van der Waals surface area contributed by atoms with E-state index in [0.717, 1.165) is 5.56 Å². The summed E-state index contributed by atoms with van der Waals surface area (Å²) < 4.78 is 13.0. The molecule has 0 bridgehead atoms. The van der Waals surface area contributed by atoms with Crippen molar-refractivity contribution in [2.45, 2.75) is 13.8 Å². The molecule has 0 atom stereocenters. The first-order chi connectivity index (χ1) is 11.9. The molecule has 1 aromatic heterocycles. The van der Waals surface area contributed by atoms with Crippen LogP contribution >= 0.6 is 11.6 Å². The number of halogens is 2. The highest BCUT2D eigenvalue weighted by Crippen LogP contribution is 2.21. The zero-order valence-electron chi connectivity index (χ0n) is 13.7. The molecular formula is C19H15ClFN3O. The fourth-order valence-corrected chi connectivity index (χ4v) is 2.61. The fourth-order valence-electron chi connectivity index (χ4n) is 2.39. The number of hydrogen-bond acceptors (Lipinski definition) is 3. The van der Waals surface area contributed by atoms with Crippen molar-refractivity contribution in [1.82, 2.24) is 9.97 Å². The van der Waals surface area contributed by atoms with Gasteiger partial charge in [-0.3, -0.25) is 4.79 Å². The van der Waals surface area contributed by atoms with Gasteiger partial charge < -0.3 is 5.32 Å². The average molecular weight is 356 g/mol. The van der Waals surface area contributed by atoms with E-state index in [-0.39, 0.29) is 11.7 Å². The molecule has 1 heterocycles. The topological polar surface area (TPSA) is 54.9 Å². The van der Waals surface area contributed by atoms with Gasteiger partial charge in [-0.2, -0.15) is 0 Å². The summed E-state index contributed by atoms with van der Waals surface area (Å²) in [4.78, 5) is 21.1. The van der Waals surface area contributed by atoms with Gasteiger partial charge >= 0.3 is 0 Å². The van der Waals surface area contributed by atoms with Crippen LogP contribution in [0.15, 0.2) is 48.7 Å². The van der Waals surface area contributed by atoms with E-state index in [9.17, 15) is 9.18 Å². The lowest BCUT2D eigenvalue weighted by Crippen LogP contribution is -2.15. The number of nitrogens with one attached hydrogen (secondary N) is 1. The molecule has 0 unspecified atom stereocenters. The Balaban J connectivity index is 1.85. The summed E-state index contributed by atoms with van der Waals surface area (Å²) in [5.41, 5.74) is 3.14. The van der Waals surface area contributed by atoms with Crippen LogP contribution in [0.1, 0.15) is 21.6 Å². The Morgan fingerprint density at radius 2 is 1.84 bits per heavy atom. The normalized spacial score (nSPS) is 10.6. The van der Waals surface area contributed by atoms with Gasteiger partial charge in [0.25, 0.3) is 5.91 Å². The summed E-state index contributed by atoms with van der Waals surface area (Å²) >= 11 is 5.92. The first-order valence-corrected chi connectivity index (χ1v) is 7.99. The molecule has 2 aromatic carbocycles. The van der Waals surface area contributed by atoms with Crippen LogP contribution in [0.4, 0.5) is 10.1 Å². The lowest BCUT2D eigenvalue weighted by atomic mass is 10.1. The SMILES string of the molecule is Cc1cc(Cl)ccc1NC(=O)c1cnc(-c2ccc(F)cc2)nc1C. The maximum absolute atomic E-state index is 13.0. The average Bonchev–Trinajstić information content (AvgIpc) is 2.58. The molecule has 6 heteroatoms. The highest BCUT2D eigenvalue weighted by Gasteiger charge is 2.14. The van der Waals surface area contributed by atoms with Gasteiger partial charge in [0.05, 0.1) is 11.3 Å². The van der Waals surface area contributed by atoms with Gasteiger partial charge in [-0.15, -0.1) is 0 Å². The van der Waals surface area contributed by atoms with Gasteiger partial charge in [0, 0.05) is 22.5 Å². The summed E-state index contributed by atoms with van der Waals surface area (Å²) in [5.74, 6) is -0.180. The summed E-state index contributed by atoms with van der Waals surface area (Å²) in [6, 6.07) is 11.1. The van der Waals surface area contributed by atoms with Crippen molar-refractivity contribution < 1.29 is 9.18 Å². The molecule has 4 nitrogen and oxygen atoms in total. The number of aromatic nitrogens is 2. The molecule has 1 amide bonds. The van der Waals surface area contributed by atoms with Crippen LogP contribution < -0.4 is 5.32 Å². The number of amides is 1. The lowest BCUT2D eigenvalue weighted by molar-refractivity contribution is 0.102. The molecule has 0 aliphatic heterocycles. The van der Waals surface area contributed by atoms with E-state index in [2.05, 4.69) is 15.3 Å². The van der Waals surface area contributed by atoms with Crippen molar-refractivity contribution in [3.05, 3.63) is 76.3 Å². The van der Waals surface area contributed by atoms with E-state index in [1.54, 1.807) is 37.3 Å². The summed E-state index contributed by atoms with van der Waals surface area (Å²) in [6.07, 6.45) is 1.47. The predicted octanol–water partition coefficient (Wildman–Crippen LogP) is 4.81. The molecule has 126 valence electrons. The highest BCUT2D eigenvalue weighted by atomic mass is 35.5. The van der Waals surface area contributed by atoms with E-state index in [0.29, 0.717) is 33.4 Å². The zero-order valence-corrected chi connectivity index (χ0v) is 14.4. The fraction of sp³-hybridized carbons (Fsp3) is 0.105. The van der Waals surface area contributed by atoms with Crippen molar-refractivity contribution in [2.75, 3.05) is 5.32 Å². The van der Waals surface area contributed by atoms with Crippen LogP contribution in [0.25, 0.3) is 11.4 Å². The van der Waals surface area contributed by atoms with Gasteiger partial charge in [0.1, 0.15) is 5.82 Å². The Morgan fingerprint density at radius 1 is 1.12 bits per heavy atom. The molecule has 0 saturated carbocycles. The van der Waals surface area contributed by atoms with Crippen LogP contribution in [0.5, 0.6) is 0 Å². The Hall–Kier alpha value is -2.79. The summed E-state index contributed by atoms with van der Waals surface area (Å²) in [6.45, 7) is 3.60. The van der Waals surface area contributed by atoms with Crippen LogP contribution in [0, 0.1) is 19.7 Å². The Bertz CT molecular complexity index is 942. The largest absolute Gasteiger partial charge is 0.322 e. The second-order valence-corrected chi connectivity index (χ2v) is 6.05. The molecule has 3 aromatic rings. The second kappa shape index (κ2) is 6.99. The number of rotatable bonds is 3. The van der Waals surface area contributed by atoms with Gasteiger partial charge in [-0.1, -0.05) is 11.6 Å². The molecular weight excluding hydrogens is 341 g/mol. The number of aryl methyl sites for hydroxylation is 2. The van der Waals surface area contributed by atoms with Gasteiger partial charge in [0.15, 0.2) is 5.82 Å². The predicted molar refractivity (Wildman–Crippen MR) is 96.3 cm³/mol. The van der Waals surface area contributed by atoms with Gasteiger partial charge in [-0.25, -0.2) is 14.4 Å². The number of carbonyl (C=O) groups excluding carboxylic acids is 1. The molecule has 1 N–H and O–H groups in total. The molecule has 0 aliphatic rings. The Labute approximate surface area is 149 Å². The van der Waals surface area contributed by atoms with Crippen molar-refractivity contribution in [2.24, 2.45) is 0 Å². The maximum Gasteiger partial charge on any atom is 0.259 e. The summed E-state index contributed by atoms with van der Waals surface area (Å²) in [5, 5.41) is 3.44. The van der Waals surface area contributed by atoms with Crippen LogP contribution in [-0.4, -0.2) is 15.9 Å². The monoisotopic (exact) mass is 355 g/mol. The molecule has 0 saturated heterocycles. The van der Waals surface area contributed by atoms with Gasteiger partial charge in [-0.05, 0) is 61.9 Å². The van der Waals surface area contributed by atoms with E-state index >= 15 is 0 Å². The van der Waals surface area contributed by atoms with Crippen LogP contribution in [-0.2, 0) is 0 Å².